The first-order chi connectivity index (χ1) is 9.62. The highest BCUT2D eigenvalue weighted by Gasteiger charge is 2.38. The monoisotopic (exact) mass is 343 g/mol. The van der Waals surface area contributed by atoms with E-state index in [1.165, 1.54) is 23.8 Å². The lowest BCUT2D eigenvalue weighted by Gasteiger charge is -2.39. The van der Waals surface area contributed by atoms with Crippen LogP contribution >= 0.6 is 11.3 Å². The number of hydrogen-bond donors (Lipinski definition) is 1. The standard InChI is InChI=1S/C11H16F3N3O2S2/c1-16(2)21(18,19)17-4-9(5-17)15-3-8-6-20-7-10(8)11(12,13)14/h6-7,9,15H,3-5H2,1-2H3. The Kier molecular flexibility index (Phi) is 4.64. The third kappa shape index (κ3) is 3.57. The molecule has 1 aromatic rings. The Labute approximate surface area is 125 Å². The minimum Gasteiger partial charge on any atom is -0.307 e. The highest BCUT2D eigenvalue weighted by Crippen LogP contribution is 2.34. The van der Waals surface area contributed by atoms with Crippen LogP contribution in [0.15, 0.2) is 10.8 Å². The van der Waals surface area contributed by atoms with E-state index in [1.807, 2.05) is 0 Å². The molecule has 1 saturated heterocycles. The first kappa shape index (κ1) is 16.7. The number of halogens is 3. The average Bonchev–Trinajstić information content (AvgIpc) is 2.74. The number of nitrogens with one attached hydrogen (secondary N) is 1. The minimum atomic E-state index is -4.35. The highest BCUT2D eigenvalue weighted by molar-refractivity contribution is 7.86. The number of nitrogens with zero attached hydrogens (tertiary/aromatic N) is 2. The number of thiophene rings is 1. The fraction of sp³-hybridized carbons (Fsp3) is 0.636. The van der Waals surface area contributed by atoms with Crippen molar-refractivity contribution < 1.29 is 21.6 Å². The molecule has 5 nitrogen and oxygen atoms in total. The largest absolute Gasteiger partial charge is 0.417 e. The van der Waals surface area contributed by atoms with Crippen molar-refractivity contribution in [3.8, 4) is 0 Å². The van der Waals surface area contributed by atoms with E-state index >= 15 is 0 Å². The maximum absolute atomic E-state index is 12.7. The summed E-state index contributed by atoms with van der Waals surface area (Å²) in [7, 11) is -0.545. The van der Waals surface area contributed by atoms with Gasteiger partial charge in [-0.2, -0.15) is 41.5 Å². The summed E-state index contributed by atoms with van der Waals surface area (Å²) >= 11 is 1.01. The second-order valence-electron chi connectivity index (χ2n) is 4.99. The maximum atomic E-state index is 12.7. The maximum Gasteiger partial charge on any atom is 0.417 e. The van der Waals surface area contributed by atoms with E-state index in [-0.39, 0.29) is 31.2 Å². The quantitative estimate of drug-likeness (QED) is 0.878. The zero-order chi connectivity index (χ0) is 15.8. The molecule has 0 aliphatic carbocycles. The SMILES string of the molecule is CN(C)S(=O)(=O)N1CC(NCc2cscc2C(F)(F)F)C1. The summed E-state index contributed by atoms with van der Waals surface area (Å²) in [6.07, 6.45) is -4.35. The van der Waals surface area contributed by atoms with Crippen LogP contribution in [-0.4, -0.2) is 50.3 Å². The molecule has 0 saturated carbocycles. The molecule has 1 N–H and O–H groups in total. The van der Waals surface area contributed by atoms with Gasteiger partial charge in [0.15, 0.2) is 0 Å². The van der Waals surface area contributed by atoms with Crippen molar-refractivity contribution in [3.63, 3.8) is 0 Å². The molecule has 0 atom stereocenters. The number of hydrogen-bond acceptors (Lipinski definition) is 4. The van der Waals surface area contributed by atoms with Crippen molar-refractivity contribution >= 4 is 21.5 Å². The Morgan fingerprint density at radius 1 is 1.38 bits per heavy atom. The molecule has 1 aliphatic rings. The van der Waals surface area contributed by atoms with E-state index in [9.17, 15) is 21.6 Å². The van der Waals surface area contributed by atoms with Gasteiger partial charge < -0.3 is 5.32 Å². The fourth-order valence-corrected chi connectivity index (χ4v) is 4.01. The van der Waals surface area contributed by atoms with Gasteiger partial charge in [0.05, 0.1) is 5.56 Å². The lowest BCUT2D eigenvalue weighted by atomic mass is 10.1. The Balaban J connectivity index is 1.87. The molecule has 0 radical (unpaired) electrons. The van der Waals surface area contributed by atoms with Gasteiger partial charge in [0.1, 0.15) is 0 Å². The molecule has 0 spiro atoms. The Hall–Kier alpha value is -0.680. The highest BCUT2D eigenvalue weighted by atomic mass is 32.2. The van der Waals surface area contributed by atoms with Gasteiger partial charge >= 0.3 is 6.18 Å². The summed E-state index contributed by atoms with van der Waals surface area (Å²) in [6, 6.07) is -0.124. The molecule has 10 heteroatoms. The van der Waals surface area contributed by atoms with Crippen LogP contribution in [-0.2, 0) is 22.9 Å². The van der Waals surface area contributed by atoms with Crippen LogP contribution in [0.2, 0.25) is 0 Å². The van der Waals surface area contributed by atoms with Crippen LogP contribution in [0.1, 0.15) is 11.1 Å². The van der Waals surface area contributed by atoms with Gasteiger partial charge in [0.2, 0.25) is 0 Å². The Morgan fingerprint density at radius 3 is 2.52 bits per heavy atom. The molecule has 0 bridgehead atoms. The van der Waals surface area contributed by atoms with Gasteiger partial charge in [-0.25, -0.2) is 0 Å². The van der Waals surface area contributed by atoms with Crippen LogP contribution in [0, 0.1) is 0 Å². The van der Waals surface area contributed by atoms with Gasteiger partial charge in [-0.15, -0.1) is 0 Å². The predicted octanol–water partition coefficient (Wildman–Crippen LogP) is 1.35. The van der Waals surface area contributed by atoms with E-state index in [4.69, 9.17) is 0 Å². The van der Waals surface area contributed by atoms with Crippen molar-refractivity contribution in [2.75, 3.05) is 27.2 Å². The van der Waals surface area contributed by atoms with Crippen LogP contribution in [0.3, 0.4) is 0 Å². The van der Waals surface area contributed by atoms with E-state index in [1.54, 1.807) is 0 Å². The molecule has 0 amide bonds. The second kappa shape index (κ2) is 5.84. The van der Waals surface area contributed by atoms with Crippen LogP contribution in [0.4, 0.5) is 13.2 Å². The summed E-state index contributed by atoms with van der Waals surface area (Å²) in [4.78, 5) is 0. The Bertz CT molecular complexity index is 592. The first-order valence-electron chi connectivity index (χ1n) is 6.15. The molecule has 1 fully saturated rings. The molecular formula is C11H16F3N3O2S2. The van der Waals surface area contributed by atoms with Crippen molar-refractivity contribution in [3.05, 3.63) is 21.9 Å². The van der Waals surface area contributed by atoms with Crippen LogP contribution in [0.5, 0.6) is 0 Å². The van der Waals surface area contributed by atoms with Crippen LogP contribution in [0.25, 0.3) is 0 Å². The van der Waals surface area contributed by atoms with Crippen molar-refractivity contribution in [2.24, 2.45) is 0 Å². The Morgan fingerprint density at radius 2 is 2.00 bits per heavy atom. The summed E-state index contributed by atoms with van der Waals surface area (Å²) in [5, 5.41) is 5.50. The number of alkyl halides is 3. The molecule has 2 rings (SSSR count). The fourth-order valence-electron chi connectivity index (χ4n) is 1.95. The minimum absolute atomic E-state index is 0.0822. The van der Waals surface area contributed by atoms with Crippen molar-refractivity contribution in [2.45, 2.75) is 18.8 Å². The van der Waals surface area contributed by atoms with E-state index in [2.05, 4.69) is 5.32 Å². The van der Waals surface area contributed by atoms with E-state index < -0.39 is 21.9 Å². The predicted molar refractivity (Wildman–Crippen MR) is 74.1 cm³/mol. The second-order valence-corrected chi connectivity index (χ2v) is 7.88. The molecule has 0 unspecified atom stereocenters. The van der Waals surface area contributed by atoms with Gasteiger partial charge in [-0.1, -0.05) is 0 Å². The summed E-state index contributed by atoms with van der Waals surface area (Å²) in [5.41, 5.74) is -0.432. The lowest BCUT2D eigenvalue weighted by Crippen LogP contribution is -2.61. The van der Waals surface area contributed by atoms with Gasteiger partial charge in [0.25, 0.3) is 10.2 Å². The summed E-state index contributed by atoms with van der Waals surface area (Å²) in [5.74, 6) is 0. The lowest BCUT2D eigenvalue weighted by molar-refractivity contribution is -0.137. The molecule has 1 aromatic heterocycles. The molecule has 2 heterocycles. The summed E-state index contributed by atoms with van der Waals surface area (Å²) < 4.78 is 64.0. The molecule has 1 aliphatic heterocycles. The van der Waals surface area contributed by atoms with E-state index in [0.717, 1.165) is 21.0 Å². The molecule has 0 aromatic carbocycles. The normalized spacial score (nSPS) is 18.2. The molecule has 120 valence electrons. The number of rotatable bonds is 5. The van der Waals surface area contributed by atoms with Gasteiger partial charge in [-0.05, 0) is 10.9 Å². The third-order valence-corrected chi connectivity index (χ3v) is 5.93. The van der Waals surface area contributed by atoms with Crippen molar-refractivity contribution in [1.29, 1.82) is 0 Å². The first-order valence-corrected chi connectivity index (χ1v) is 8.49. The zero-order valence-corrected chi connectivity index (χ0v) is 13.1. The van der Waals surface area contributed by atoms with Gasteiger partial charge in [-0.3, -0.25) is 0 Å². The topological polar surface area (TPSA) is 52.7 Å². The van der Waals surface area contributed by atoms with Crippen LogP contribution < -0.4 is 5.32 Å². The van der Waals surface area contributed by atoms with Crippen molar-refractivity contribution in [1.82, 2.24) is 13.9 Å². The third-order valence-electron chi connectivity index (χ3n) is 3.26. The summed E-state index contributed by atoms with van der Waals surface area (Å²) in [6.45, 7) is 0.622. The van der Waals surface area contributed by atoms with E-state index in [0.29, 0.717) is 0 Å². The smallest absolute Gasteiger partial charge is 0.307 e. The molecular weight excluding hydrogens is 327 g/mol. The average molecular weight is 343 g/mol. The molecule has 21 heavy (non-hydrogen) atoms. The van der Waals surface area contributed by atoms with Gasteiger partial charge in [0, 0.05) is 45.2 Å². The zero-order valence-electron chi connectivity index (χ0n) is 11.5.